The van der Waals surface area contributed by atoms with Crippen LogP contribution in [0.5, 0.6) is 0 Å². The van der Waals surface area contributed by atoms with Crippen LogP contribution in [0.1, 0.15) is 20.8 Å². The Hall–Kier alpha value is -2.08. The van der Waals surface area contributed by atoms with Crippen molar-refractivity contribution in [3.63, 3.8) is 0 Å². The number of carbonyl (C=O) groups excluding carboxylic acids is 2. The van der Waals surface area contributed by atoms with Crippen LogP contribution in [0.15, 0.2) is 0 Å². The first-order valence-corrected chi connectivity index (χ1v) is 7.34. The third kappa shape index (κ3) is 3.53. The molecule has 0 aromatic heterocycles. The topological polar surface area (TPSA) is 117 Å². The molecule has 2 aliphatic heterocycles. The number of ketones is 1. The molecule has 0 aromatic rings. The van der Waals surface area contributed by atoms with Crippen molar-refractivity contribution in [2.24, 2.45) is 0 Å². The number of hydrogen-bond acceptors (Lipinski definition) is 7. The van der Waals surface area contributed by atoms with E-state index in [-0.39, 0.29) is 13.2 Å². The van der Waals surface area contributed by atoms with E-state index in [1.807, 2.05) is 0 Å². The normalized spacial score (nSPS) is 30.1. The van der Waals surface area contributed by atoms with Crippen molar-refractivity contribution in [3.05, 3.63) is 5.53 Å². The van der Waals surface area contributed by atoms with Crippen LogP contribution < -0.4 is 0 Å². The van der Waals surface area contributed by atoms with Gasteiger partial charge in [-0.15, -0.1) is 6.42 Å². The third-order valence-corrected chi connectivity index (χ3v) is 3.41. The van der Waals surface area contributed by atoms with E-state index in [4.69, 9.17) is 30.9 Å². The summed E-state index contributed by atoms with van der Waals surface area (Å²) >= 11 is 0. The lowest BCUT2D eigenvalue weighted by atomic mass is 10.0. The highest BCUT2D eigenvalue weighted by Crippen LogP contribution is 2.39. The predicted octanol–water partition coefficient (Wildman–Crippen LogP) is -0.316. The number of terminal acetylenes is 1. The summed E-state index contributed by atoms with van der Waals surface area (Å²) in [6.07, 6.45) is 1.39. The molecule has 0 amide bonds. The smallest absolute Gasteiger partial charge is 0.444 e. The molecule has 24 heavy (non-hydrogen) atoms. The molecule has 2 fully saturated rings. The number of rotatable bonds is 6. The summed E-state index contributed by atoms with van der Waals surface area (Å²) in [5, 5.41) is 0. The van der Waals surface area contributed by atoms with E-state index < -0.39 is 47.9 Å². The fourth-order valence-corrected chi connectivity index (χ4v) is 2.54. The van der Waals surface area contributed by atoms with Crippen molar-refractivity contribution in [2.75, 3.05) is 13.2 Å². The molecule has 0 spiro atoms. The van der Waals surface area contributed by atoms with Crippen LogP contribution in [0.3, 0.4) is 0 Å². The Morgan fingerprint density at radius 1 is 1.38 bits per heavy atom. The molecular weight excluding hydrogens is 320 g/mol. The molecule has 130 valence electrons. The molecule has 0 aromatic carbocycles. The quantitative estimate of drug-likeness (QED) is 0.163. The first kappa shape index (κ1) is 18.3. The van der Waals surface area contributed by atoms with E-state index >= 15 is 0 Å². The highest BCUT2D eigenvalue weighted by Gasteiger charge is 2.59. The van der Waals surface area contributed by atoms with Crippen LogP contribution in [0.2, 0.25) is 0 Å². The summed E-state index contributed by atoms with van der Waals surface area (Å²) in [6.45, 7) is 4.83. The second-order valence-corrected chi connectivity index (χ2v) is 5.54. The van der Waals surface area contributed by atoms with Crippen LogP contribution in [-0.2, 0) is 33.3 Å². The Morgan fingerprint density at radius 2 is 2.08 bits per heavy atom. The molecule has 0 radical (unpaired) electrons. The van der Waals surface area contributed by atoms with Gasteiger partial charge in [0.05, 0.1) is 6.61 Å². The first-order chi connectivity index (χ1) is 11.3. The van der Waals surface area contributed by atoms with Crippen LogP contribution in [0.25, 0.3) is 5.53 Å². The molecule has 0 aliphatic carbocycles. The Labute approximate surface area is 138 Å². The molecule has 0 N–H and O–H groups in total. The van der Waals surface area contributed by atoms with E-state index in [1.54, 1.807) is 20.8 Å². The molecule has 2 aliphatic rings. The largest absolute Gasteiger partial charge is 0.457 e. The highest BCUT2D eigenvalue weighted by atomic mass is 16.8. The van der Waals surface area contributed by atoms with E-state index in [0.717, 1.165) is 0 Å². The lowest BCUT2D eigenvalue weighted by molar-refractivity contribution is -0.216. The maximum atomic E-state index is 12.5. The number of nitrogens with zero attached hydrogens (tertiary/aromatic N) is 2. The minimum Gasteiger partial charge on any atom is -0.457 e. The monoisotopic (exact) mass is 338 g/mol. The second kappa shape index (κ2) is 7.21. The maximum Gasteiger partial charge on any atom is 0.444 e. The van der Waals surface area contributed by atoms with Crippen molar-refractivity contribution in [1.29, 1.82) is 0 Å². The van der Waals surface area contributed by atoms with Gasteiger partial charge in [-0.1, -0.05) is 5.92 Å². The highest BCUT2D eigenvalue weighted by molar-refractivity contribution is 6.63. The minimum atomic E-state index is -1.28. The van der Waals surface area contributed by atoms with Gasteiger partial charge in [0.1, 0.15) is 18.8 Å². The van der Waals surface area contributed by atoms with Gasteiger partial charge in [-0.25, -0.2) is 4.79 Å². The van der Waals surface area contributed by atoms with Crippen molar-refractivity contribution >= 4 is 17.5 Å². The van der Waals surface area contributed by atoms with Crippen LogP contribution in [-0.4, -0.2) is 65.9 Å². The molecule has 0 bridgehead atoms. The molecule has 0 saturated carbocycles. The second-order valence-electron chi connectivity index (χ2n) is 5.54. The Bertz CT molecular complexity index is 618. The minimum absolute atomic E-state index is 0.0132. The predicted molar refractivity (Wildman–Crippen MR) is 77.5 cm³/mol. The molecule has 0 unspecified atom stereocenters. The number of esters is 1. The van der Waals surface area contributed by atoms with Crippen molar-refractivity contribution in [2.45, 2.75) is 51.2 Å². The number of ether oxygens (including phenoxy) is 5. The SMILES string of the molecule is C#CCO[C@@H]1[C@H]2OC(C)(C)O[C@H]2O[C@@H]1C(=O)C(=[N+]=[N-])C(=O)OCC. The Morgan fingerprint density at radius 3 is 2.67 bits per heavy atom. The van der Waals surface area contributed by atoms with Gasteiger partial charge in [0, 0.05) is 0 Å². The zero-order chi connectivity index (χ0) is 17.9. The average molecular weight is 338 g/mol. The standard InChI is InChI=1S/C15H18N2O7/c1-5-7-21-11-10(9(18)8(17-16)13(19)20-6-2)22-14-12(11)23-15(3,4)24-14/h1,10-12,14H,6-7H2,2-4H3/t10-,11+,12-,14-/m1/s1. The lowest BCUT2D eigenvalue weighted by Crippen LogP contribution is -2.45. The maximum absolute atomic E-state index is 12.5. The van der Waals surface area contributed by atoms with Gasteiger partial charge in [-0.3, -0.25) is 4.79 Å². The molecule has 2 saturated heterocycles. The summed E-state index contributed by atoms with van der Waals surface area (Å²) < 4.78 is 26.9. The van der Waals surface area contributed by atoms with Gasteiger partial charge >= 0.3 is 11.7 Å². The molecule has 4 atom stereocenters. The average Bonchev–Trinajstić information content (AvgIpc) is 2.98. The zero-order valence-electron chi connectivity index (χ0n) is 13.6. The van der Waals surface area contributed by atoms with Gasteiger partial charge < -0.3 is 29.2 Å². The Balaban J connectivity index is 2.22. The van der Waals surface area contributed by atoms with Gasteiger partial charge in [0.25, 0.3) is 5.78 Å². The lowest BCUT2D eigenvalue weighted by Gasteiger charge is -2.23. The molecule has 2 heterocycles. The summed E-state index contributed by atoms with van der Waals surface area (Å²) in [5.74, 6) is -0.608. The summed E-state index contributed by atoms with van der Waals surface area (Å²) in [6, 6.07) is 0. The van der Waals surface area contributed by atoms with Gasteiger partial charge in [0.15, 0.2) is 18.2 Å². The summed E-state index contributed by atoms with van der Waals surface area (Å²) in [5.41, 5.74) is 8.18. The van der Waals surface area contributed by atoms with Crippen molar-refractivity contribution < 1.29 is 38.1 Å². The van der Waals surface area contributed by atoms with Gasteiger partial charge in [-0.05, 0) is 20.8 Å². The van der Waals surface area contributed by atoms with E-state index in [9.17, 15) is 9.59 Å². The van der Waals surface area contributed by atoms with Crippen LogP contribution >= 0.6 is 0 Å². The van der Waals surface area contributed by atoms with Crippen molar-refractivity contribution in [1.82, 2.24) is 0 Å². The van der Waals surface area contributed by atoms with E-state index in [0.29, 0.717) is 0 Å². The number of carbonyl (C=O) groups is 2. The number of hydrogen-bond donors (Lipinski definition) is 0. The molecule has 9 nitrogen and oxygen atoms in total. The zero-order valence-corrected chi connectivity index (χ0v) is 13.6. The Kier molecular flexibility index (Phi) is 5.49. The van der Waals surface area contributed by atoms with Gasteiger partial charge in [0.2, 0.25) is 0 Å². The third-order valence-electron chi connectivity index (χ3n) is 3.41. The molecule has 2 rings (SSSR count). The van der Waals surface area contributed by atoms with E-state index in [1.165, 1.54) is 0 Å². The summed E-state index contributed by atoms with van der Waals surface area (Å²) in [4.78, 5) is 26.9. The first-order valence-electron chi connectivity index (χ1n) is 7.34. The van der Waals surface area contributed by atoms with Crippen molar-refractivity contribution in [3.8, 4) is 12.3 Å². The fourth-order valence-electron chi connectivity index (χ4n) is 2.54. The van der Waals surface area contributed by atoms with Crippen LogP contribution in [0, 0.1) is 12.3 Å². The molecule has 9 heteroatoms. The fraction of sp³-hybridized carbons (Fsp3) is 0.667. The number of Topliss-reactive ketones (excluding diaryl/α,β-unsaturated/α-hetero) is 1. The van der Waals surface area contributed by atoms with Gasteiger partial charge in [-0.2, -0.15) is 4.79 Å². The summed E-state index contributed by atoms with van der Waals surface area (Å²) in [7, 11) is 0. The van der Waals surface area contributed by atoms with E-state index in [2.05, 4.69) is 15.4 Å². The number of fused-ring (bicyclic) bond motifs is 1. The van der Waals surface area contributed by atoms with Crippen LogP contribution in [0.4, 0.5) is 0 Å². The molecular formula is C15H18N2O7.